The van der Waals surface area contributed by atoms with Crippen LogP contribution in [0, 0.1) is 6.92 Å². The average Bonchev–Trinajstić information content (AvgIpc) is 2.62. The second-order valence-corrected chi connectivity index (χ2v) is 6.18. The Kier molecular flexibility index (Phi) is 5.72. The molecule has 2 aromatic rings. The zero-order valence-corrected chi connectivity index (χ0v) is 14.4. The van der Waals surface area contributed by atoms with Crippen molar-refractivity contribution in [1.29, 1.82) is 0 Å². The van der Waals surface area contributed by atoms with Gasteiger partial charge in [-0.15, -0.1) is 0 Å². The third kappa shape index (κ3) is 4.49. The van der Waals surface area contributed by atoms with Crippen LogP contribution >= 0.6 is 0 Å². The molecule has 0 aliphatic carbocycles. The summed E-state index contributed by atoms with van der Waals surface area (Å²) in [7, 11) is 1.66. The number of hydrogen-bond donors (Lipinski definition) is 0. The molecule has 3 rings (SSSR count). The maximum Gasteiger partial charge on any atom is 0.161 e. The van der Waals surface area contributed by atoms with Gasteiger partial charge in [0.25, 0.3) is 0 Å². The van der Waals surface area contributed by atoms with Gasteiger partial charge in [-0.05, 0) is 24.6 Å². The zero-order chi connectivity index (χ0) is 16.8. The summed E-state index contributed by atoms with van der Waals surface area (Å²) in [5.74, 6) is 1.52. The molecular weight excluding hydrogens is 302 g/mol. The minimum Gasteiger partial charge on any atom is -0.493 e. The smallest absolute Gasteiger partial charge is 0.161 e. The van der Waals surface area contributed by atoms with E-state index in [0.717, 1.165) is 37.7 Å². The van der Waals surface area contributed by atoms with Crippen LogP contribution in [0.5, 0.6) is 11.5 Å². The Hall–Kier alpha value is -2.04. The number of rotatable bonds is 6. The van der Waals surface area contributed by atoms with E-state index in [0.29, 0.717) is 6.61 Å². The Bertz CT molecular complexity index is 642. The minimum absolute atomic E-state index is 0.0779. The molecule has 24 heavy (non-hydrogen) atoms. The van der Waals surface area contributed by atoms with Crippen LogP contribution in [0.25, 0.3) is 0 Å². The van der Waals surface area contributed by atoms with Crippen molar-refractivity contribution in [3.63, 3.8) is 0 Å². The van der Waals surface area contributed by atoms with Gasteiger partial charge >= 0.3 is 0 Å². The number of benzene rings is 2. The first kappa shape index (κ1) is 16.8. The van der Waals surface area contributed by atoms with Crippen LogP contribution in [0.1, 0.15) is 11.1 Å². The van der Waals surface area contributed by atoms with Gasteiger partial charge in [0.2, 0.25) is 0 Å². The molecule has 4 nitrogen and oxygen atoms in total. The fraction of sp³-hybridized carbons (Fsp3) is 0.400. The maximum atomic E-state index is 5.91. The van der Waals surface area contributed by atoms with Crippen LogP contribution in [-0.4, -0.2) is 44.4 Å². The highest BCUT2D eigenvalue weighted by molar-refractivity contribution is 5.39. The number of morpholine rings is 1. The fourth-order valence-electron chi connectivity index (χ4n) is 2.90. The minimum atomic E-state index is 0.0779. The van der Waals surface area contributed by atoms with Gasteiger partial charge in [-0.3, -0.25) is 4.90 Å². The number of hydrogen-bond acceptors (Lipinski definition) is 4. The molecule has 0 N–H and O–H groups in total. The highest BCUT2D eigenvalue weighted by atomic mass is 16.5. The standard InChI is InChI=1S/C20H25NO3/c1-16-7-9-17(10-8-16)13-21-11-12-23-18(14-21)15-24-20-6-4-3-5-19(20)22-2/h3-10,18H,11-15H2,1-2H3/t18-/m1/s1. The summed E-state index contributed by atoms with van der Waals surface area (Å²) < 4.78 is 17.1. The Balaban J connectivity index is 1.52. The van der Waals surface area contributed by atoms with E-state index in [1.165, 1.54) is 11.1 Å². The van der Waals surface area contributed by atoms with E-state index in [-0.39, 0.29) is 6.10 Å². The van der Waals surface area contributed by atoms with E-state index < -0.39 is 0 Å². The van der Waals surface area contributed by atoms with Crippen LogP contribution in [-0.2, 0) is 11.3 Å². The van der Waals surface area contributed by atoms with Crippen LogP contribution < -0.4 is 9.47 Å². The molecular formula is C20H25NO3. The van der Waals surface area contributed by atoms with Gasteiger partial charge in [0, 0.05) is 19.6 Å². The highest BCUT2D eigenvalue weighted by Gasteiger charge is 2.21. The van der Waals surface area contributed by atoms with Crippen LogP contribution in [0.15, 0.2) is 48.5 Å². The van der Waals surface area contributed by atoms with Crippen molar-refractivity contribution in [1.82, 2.24) is 4.90 Å². The van der Waals surface area contributed by atoms with Gasteiger partial charge < -0.3 is 14.2 Å². The summed E-state index contributed by atoms with van der Waals surface area (Å²) in [5.41, 5.74) is 2.63. The third-order valence-electron chi connectivity index (χ3n) is 4.24. The summed E-state index contributed by atoms with van der Waals surface area (Å²) in [6, 6.07) is 16.4. The van der Waals surface area contributed by atoms with Crippen molar-refractivity contribution < 1.29 is 14.2 Å². The van der Waals surface area contributed by atoms with Crippen molar-refractivity contribution in [3.05, 3.63) is 59.7 Å². The first-order valence-corrected chi connectivity index (χ1v) is 8.40. The molecule has 0 spiro atoms. The van der Waals surface area contributed by atoms with Gasteiger partial charge in [0.1, 0.15) is 12.7 Å². The number of aryl methyl sites for hydroxylation is 1. The number of nitrogens with zero attached hydrogens (tertiary/aromatic N) is 1. The number of ether oxygens (including phenoxy) is 3. The first-order valence-electron chi connectivity index (χ1n) is 8.40. The van der Waals surface area contributed by atoms with Crippen molar-refractivity contribution in [2.45, 2.75) is 19.6 Å². The molecule has 0 amide bonds. The van der Waals surface area contributed by atoms with Gasteiger partial charge in [-0.2, -0.15) is 0 Å². The van der Waals surface area contributed by atoms with E-state index in [1.807, 2.05) is 24.3 Å². The monoisotopic (exact) mass is 327 g/mol. The Morgan fingerprint density at radius 2 is 1.83 bits per heavy atom. The molecule has 0 radical (unpaired) electrons. The zero-order valence-electron chi connectivity index (χ0n) is 14.4. The van der Waals surface area contributed by atoms with E-state index >= 15 is 0 Å². The predicted octanol–water partition coefficient (Wildman–Crippen LogP) is 3.28. The summed E-state index contributed by atoms with van der Waals surface area (Å²) in [6.07, 6.45) is 0.0779. The topological polar surface area (TPSA) is 30.9 Å². The molecule has 4 heteroatoms. The molecule has 1 aliphatic heterocycles. The second-order valence-electron chi connectivity index (χ2n) is 6.18. The van der Waals surface area contributed by atoms with E-state index in [4.69, 9.17) is 14.2 Å². The first-order chi connectivity index (χ1) is 11.7. The lowest BCUT2D eigenvalue weighted by Gasteiger charge is -2.32. The lowest BCUT2D eigenvalue weighted by Crippen LogP contribution is -2.44. The van der Waals surface area contributed by atoms with Crippen molar-refractivity contribution in [3.8, 4) is 11.5 Å². The lowest BCUT2D eigenvalue weighted by atomic mass is 10.1. The SMILES string of the molecule is COc1ccccc1OC[C@H]1CN(Cc2ccc(C)cc2)CCO1. The molecule has 0 aromatic heterocycles. The van der Waals surface area contributed by atoms with Crippen LogP contribution in [0.3, 0.4) is 0 Å². The summed E-state index contributed by atoms with van der Waals surface area (Å²) >= 11 is 0. The normalized spacial score (nSPS) is 18.3. The van der Waals surface area contributed by atoms with Gasteiger partial charge in [0.05, 0.1) is 13.7 Å². The molecule has 0 saturated carbocycles. The molecule has 0 unspecified atom stereocenters. The van der Waals surface area contributed by atoms with Gasteiger partial charge in [-0.25, -0.2) is 0 Å². The summed E-state index contributed by atoms with van der Waals surface area (Å²) in [6.45, 7) is 6.18. The van der Waals surface area contributed by atoms with Crippen molar-refractivity contribution in [2.24, 2.45) is 0 Å². The van der Waals surface area contributed by atoms with E-state index in [2.05, 4.69) is 36.1 Å². The second kappa shape index (κ2) is 8.18. The summed E-state index contributed by atoms with van der Waals surface area (Å²) in [5, 5.41) is 0. The quantitative estimate of drug-likeness (QED) is 0.815. The van der Waals surface area contributed by atoms with Crippen LogP contribution in [0.2, 0.25) is 0 Å². The average molecular weight is 327 g/mol. The Labute approximate surface area is 144 Å². The van der Waals surface area contributed by atoms with Crippen molar-refractivity contribution >= 4 is 0 Å². The maximum absolute atomic E-state index is 5.91. The number of methoxy groups -OCH3 is 1. The predicted molar refractivity (Wildman–Crippen MR) is 94.7 cm³/mol. The van der Waals surface area contributed by atoms with E-state index in [1.54, 1.807) is 7.11 Å². The van der Waals surface area contributed by atoms with Gasteiger partial charge in [-0.1, -0.05) is 42.0 Å². The molecule has 1 saturated heterocycles. The number of para-hydroxylation sites is 2. The summed E-state index contributed by atoms with van der Waals surface area (Å²) in [4.78, 5) is 2.42. The van der Waals surface area contributed by atoms with Gasteiger partial charge in [0.15, 0.2) is 11.5 Å². The lowest BCUT2D eigenvalue weighted by molar-refractivity contribution is -0.0506. The highest BCUT2D eigenvalue weighted by Crippen LogP contribution is 2.26. The largest absolute Gasteiger partial charge is 0.493 e. The Morgan fingerprint density at radius 1 is 1.08 bits per heavy atom. The third-order valence-corrected chi connectivity index (χ3v) is 4.24. The Morgan fingerprint density at radius 3 is 2.58 bits per heavy atom. The molecule has 1 aliphatic rings. The molecule has 0 bridgehead atoms. The fourth-order valence-corrected chi connectivity index (χ4v) is 2.90. The van der Waals surface area contributed by atoms with Crippen LogP contribution in [0.4, 0.5) is 0 Å². The van der Waals surface area contributed by atoms with Crippen molar-refractivity contribution in [2.75, 3.05) is 33.4 Å². The molecule has 1 heterocycles. The molecule has 1 fully saturated rings. The molecule has 1 atom stereocenters. The van der Waals surface area contributed by atoms with E-state index in [9.17, 15) is 0 Å². The molecule has 2 aromatic carbocycles. The molecule has 128 valence electrons.